The quantitative estimate of drug-likeness (QED) is 0.320. The van der Waals surface area contributed by atoms with E-state index in [4.69, 9.17) is 28.4 Å². The van der Waals surface area contributed by atoms with Gasteiger partial charge >= 0.3 is 7.82 Å². The maximum Gasteiger partial charge on any atom is 0.524 e. The van der Waals surface area contributed by atoms with Gasteiger partial charge in [0.05, 0.1) is 19.0 Å². The minimum atomic E-state index is -5.09. The molecule has 2 heterocycles. The van der Waals surface area contributed by atoms with Crippen molar-refractivity contribution in [1.82, 2.24) is 4.90 Å². The highest BCUT2D eigenvalue weighted by Gasteiger charge is 2.38. The van der Waals surface area contributed by atoms with Gasteiger partial charge in [0, 0.05) is 35.7 Å². The zero-order chi connectivity index (χ0) is 24.1. The Morgan fingerprint density at radius 3 is 2.58 bits per heavy atom. The fourth-order valence-electron chi connectivity index (χ4n) is 4.30. The molecule has 0 aliphatic carbocycles. The van der Waals surface area contributed by atoms with Gasteiger partial charge in [-0.2, -0.15) is 0 Å². The number of β-amino-alcohol motifs (C(OH)–C–C–N with tert-alkyl or cyclic N) is 1. The molecule has 0 saturated carbocycles. The van der Waals surface area contributed by atoms with E-state index in [1.54, 1.807) is 36.2 Å². The van der Waals surface area contributed by atoms with Crippen LogP contribution in [0.15, 0.2) is 45.6 Å². The fourth-order valence-corrected chi connectivity index (χ4v) is 4.93. The molecule has 3 unspecified atom stereocenters. The van der Waals surface area contributed by atoms with Crippen LogP contribution in [0.1, 0.15) is 11.5 Å². The van der Waals surface area contributed by atoms with Crippen molar-refractivity contribution in [3.05, 3.63) is 57.2 Å². The van der Waals surface area contributed by atoms with Crippen LogP contribution < -0.4 is 9.95 Å². The summed E-state index contributed by atoms with van der Waals surface area (Å²) in [6.45, 7) is 0.540. The molecule has 0 spiro atoms. The van der Waals surface area contributed by atoms with Crippen LogP contribution in [0.5, 0.6) is 11.5 Å². The zero-order valence-corrected chi connectivity index (χ0v) is 19.0. The lowest BCUT2D eigenvalue weighted by molar-refractivity contribution is 0.0639. The van der Waals surface area contributed by atoms with E-state index in [2.05, 4.69) is 0 Å². The number of fused-ring (bicyclic) bond motifs is 1. The molecule has 3 aromatic rings. The molecule has 1 fully saturated rings. The van der Waals surface area contributed by atoms with Gasteiger partial charge < -0.3 is 24.1 Å². The predicted molar refractivity (Wildman–Crippen MR) is 123 cm³/mol. The van der Waals surface area contributed by atoms with E-state index in [0.717, 1.165) is 12.1 Å². The molecule has 3 atom stereocenters. The predicted octanol–water partition coefficient (Wildman–Crippen LogP) is 2.64. The van der Waals surface area contributed by atoms with Crippen molar-refractivity contribution in [3.63, 3.8) is 0 Å². The number of piperidine rings is 1. The number of phosphoric acid groups is 1. The number of aromatic hydroxyl groups is 1. The van der Waals surface area contributed by atoms with Gasteiger partial charge in [0.1, 0.15) is 28.2 Å². The Bertz CT molecular complexity index is 1310. The van der Waals surface area contributed by atoms with Crippen LogP contribution in [0.3, 0.4) is 0 Å². The van der Waals surface area contributed by atoms with E-state index in [1.165, 1.54) is 0 Å². The smallest absolute Gasteiger partial charge is 0.507 e. The van der Waals surface area contributed by atoms with Gasteiger partial charge in [0.15, 0.2) is 5.43 Å². The van der Waals surface area contributed by atoms with Crippen LogP contribution in [0.4, 0.5) is 0 Å². The highest BCUT2D eigenvalue weighted by Crippen LogP contribution is 2.50. The van der Waals surface area contributed by atoms with Gasteiger partial charge in [-0.05, 0) is 25.7 Å². The first-order valence-corrected chi connectivity index (χ1v) is 11.8. The third-order valence-electron chi connectivity index (χ3n) is 5.57. The number of nitrogens with zero attached hydrogens (tertiary/aromatic N) is 1. The summed E-state index contributed by atoms with van der Waals surface area (Å²) in [5.74, 6) is -2.62. The number of aliphatic hydroxyl groups excluding tert-OH is 1. The van der Waals surface area contributed by atoms with Gasteiger partial charge in [0.2, 0.25) is 0 Å². The lowest BCUT2D eigenvalue weighted by Gasteiger charge is -2.39. The molecule has 1 aromatic heterocycles. The van der Waals surface area contributed by atoms with E-state index in [-0.39, 0.29) is 28.8 Å². The Balaban J connectivity index is 2.08. The van der Waals surface area contributed by atoms with Crippen LogP contribution in [-0.2, 0) is 4.57 Å². The maximum absolute atomic E-state index is 13.0. The molecule has 1 saturated heterocycles. The normalized spacial score (nSPS) is 21.9. The largest absolute Gasteiger partial charge is 0.524 e. The van der Waals surface area contributed by atoms with Crippen molar-refractivity contribution in [2.24, 2.45) is 0 Å². The van der Waals surface area contributed by atoms with E-state index in [9.17, 15) is 29.4 Å². The summed E-state index contributed by atoms with van der Waals surface area (Å²) >= 11 is 6.26. The Labute approximate surface area is 194 Å². The van der Waals surface area contributed by atoms with Crippen molar-refractivity contribution < 1.29 is 33.5 Å². The molecule has 4 N–H and O–H groups in total. The zero-order valence-electron chi connectivity index (χ0n) is 17.4. The molecule has 172 valence electrons. The van der Waals surface area contributed by atoms with Crippen LogP contribution in [0, 0.1) is 0 Å². The number of halogens is 1. The number of aliphatic hydroxyl groups is 1. The second-order valence-electron chi connectivity index (χ2n) is 8.03. The number of benzene rings is 2. The highest BCUT2D eigenvalue weighted by molar-refractivity contribution is 7.46. The second-order valence-corrected chi connectivity index (χ2v) is 9.60. The van der Waals surface area contributed by atoms with E-state index < -0.39 is 42.6 Å². The van der Waals surface area contributed by atoms with Crippen molar-refractivity contribution in [2.75, 3.05) is 20.1 Å². The second kappa shape index (κ2) is 8.79. The molecule has 33 heavy (non-hydrogen) atoms. The van der Waals surface area contributed by atoms with Crippen molar-refractivity contribution in [1.29, 1.82) is 0 Å². The molecular weight excluding hydrogens is 471 g/mol. The SMILES string of the molecule is [B]C1CN(C)CC(O)C1c1c(OP(=O)(O)O)cc(O)c2c(=O)cc(-c3ccccc3Cl)oc12. The Morgan fingerprint density at radius 2 is 1.94 bits per heavy atom. The number of likely N-dealkylation sites (N-methyl/N-ethyl adjacent to an activating group) is 1. The molecular formula is C21H20BClNO8P. The molecule has 1 aliphatic rings. The molecule has 4 rings (SSSR count). The van der Waals surface area contributed by atoms with Gasteiger partial charge in [-0.15, -0.1) is 0 Å². The maximum atomic E-state index is 13.0. The molecule has 0 bridgehead atoms. The van der Waals surface area contributed by atoms with Crippen molar-refractivity contribution in [3.8, 4) is 22.8 Å². The first-order valence-electron chi connectivity index (χ1n) is 9.92. The molecule has 12 heteroatoms. The highest BCUT2D eigenvalue weighted by atomic mass is 35.5. The lowest BCUT2D eigenvalue weighted by Crippen LogP contribution is -2.44. The standard InChI is InChI=1S/C21H20BClNO8P/c1-24-8-11(22)18(15(27)9-24)20-17(32-33(28,29)30)7-14(26)19-13(25)6-16(31-21(19)20)10-4-2-3-5-12(10)23/h2-7,11,15,18,26-27H,8-9H2,1H3,(H2,28,29,30). The fraction of sp³-hybridized carbons (Fsp3) is 0.286. The molecule has 9 nitrogen and oxygen atoms in total. The first kappa shape index (κ1) is 23.8. The summed E-state index contributed by atoms with van der Waals surface area (Å²) in [5, 5.41) is 21.4. The summed E-state index contributed by atoms with van der Waals surface area (Å²) in [4.78, 5) is 33.7. The van der Waals surface area contributed by atoms with E-state index in [0.29, 0.717) is 17.1 Å². The molecule has 1 aliphatic heterocycles. The Hall–Kier alpha value is -2.33. The van der Waals surface area contributed by atoms with Crippen LogP contribution >= 0.6 is 19.4 Å². The number of hydrogen-bond donors (Lipinski definition) is 4. The molecule has 2 radical (unpaired) electrons. The van der Waals surface area contributed by atoms with E-state index in [1.807, 2.05) is 0 Å². The van der Waals surface area contributed by atoms with Crippen LogP contribution in [-0.4, -0.2) is 59.0 Å². The van der Waals surface area contributed by atoms with Gasteiger partial charge in [-0.3, -0.25) is 14.6 Å². The number of likely N-dealkylation sites (tertiary alicyclic amines) is 1. The number of rotatable bonds is 4. The van der Waals surface area contributed by atoms with Gasteiger partial charge in [0.25, 0.3) is 0 Å². The Morgan fingerprint density at radius 1 is 1.24 bits per heavy atom. The monoisotopic (exact) mass is 491 g/mol. The minimum Gasteiger partial charge on any atom is -0.507 e. The summed E-state index contributed by atoms with van der Waals surface area (Å²) in [5.41, 5.74) is -0.461. The summed E-state index contributed by atoms with van der Waals surface area (Å²) in [7, 11) is 2.98. The first-order chi connectivity index (χ1) is 15.5. The third kappa shape index (κ3) is 4.68. The van der Waals surface area contributed by atoms with Crippen LogP contribution in [0.25, 0.3) is 22.3 Å². The van der Waals surface area contributed by atoms with Crippen molar-refractivity contribution >= 4 is 38.2 Å². The van der Waals surface area contributed by atoms with E-state index >= 15 is 0 Å². The summed E-state index contributed by atoms with van der Waals surface area (Å²) in [6.07, 6.45) is -1.08. The number of phenols is 1. The van der Waals surface area contributed by atoms with Gasteiger partial charge in [-0.25, -0.2) is 4.57 Å². The Kier molecular flexibility index (Phi) is 6.35. The molecule has 2 aromatic carbocycles. The number of phosphoric ester groups is 1. The van der Waals surface area contributed by atoms with Crippen molar-refractivity contribution in [2.45, 2.75) is 17.8 Å². The topological polar surface area (TPSA) is 141 Å². The summed E-state index contributed by atoms with van der Waals surface area (Å²) in [6, 6.07) is 8.68. The van der Waals surface area contributed by atoms with Gasteiger partial charge in [-0.1, -0.05) is 29.6 Å². The lowest BCUT2D eigenvalue weighted by atomic mass is 9.68. The third-order valence-corrected chi connectivity index (χ3v) is 6.33. The number of phenolic OH excluding ortho intramolecular Hbond substituents is 1. The summed E-state index contributed by atoms with van der Waals surface area (Å²) < 4.78 is 22.5. The average Bonchev–Trinajstić information content (AvgIpc) is 2.68. The molecule has 0 amide bonds. The number of hydrogen-bond acceptors (Lipinski definition) is 7. The van der Waals surface area contributed by atoms with Crippen LogP contribution in [0.2, 0.25) is 10.8 Å². The average molecular weight is 492 g/mol. The minimum absolute atomic E-state index is 0.0229.